The number of morpholine rings is 1. The van der Waals surface area contributed by atoms with Crippen molar-refractivity contribution in [2.45, 2.75) is 20.8 Å². The lowest BCUT2D eigenvalue weighted by Gasteiger charge is -2.26. The van der Waals surface area contributed by atoms with E-state index in [9.17, 15) is 4.79 Å². The first kappa shape index (κ1) is 15.3. The van der Waals surface area contributed by atoms with Gasteiger partial charge in [-0.1, -0.05) is 20.8 Å². The second-order valence-electron chi connectivity index (χ2n) is 5.41. The first-order chi connectivity index (χ1) is 8.39. The molecule has 0 bridgehead atoms. The maximum Gasteiger partial charge on any atom is 0.231 e. The van der Waals surface area contributed by atoms with Crippen LogP contribution in [-0.2, 0) is 9.53 Å². The molecule has 1 amide bonds. The molecule has 0 aromatic heterocycles. The zero-order valence-electron chi connectivity index (χ0n) is 11.4. The molecule has 1 rings (SSSR count). The Hall–Kier alpha value is -0.720. The van der Waals surface area contributed by atoms with Gasteiger partial charge in [0, 0.05) is 31.6 Å². The Morgan fingerprint density at radius 3 is 2.50 bits per heavy atom. The van der Waals surface area contributed by atoms with Crippen molar-refractivity contribution >= 4 is 23.2 Å². The fraction of sp³-hybridized carbons (Fsp3) is 0.833. The Labute approximate surface area is 114 Å². The highest BCUT2D eigenvalue weighted by Gasteiger charge is 2.21. The molecule has 0 spiro atoms. The van der Waals surface area contributed by atoms with Gasteiger partial charge in [0.1, 0.15) is 0 Å². The third-order valence-electron chi connectivity index (χ3n) is 2.73. The molecule has 6 heteroatoms. The van der Waals surface area contributed by atoms with E-state index in [1.54, 1.807) is 0 Å². The van der Waals surface area contributed by atoms with Gasteiger partial charge in [-0.25, -0.2) is 0 Å². The van der Waals surface area contributed by atoms with Crippen molar-refractivity contribution in [2.24, 2.45) is 5.41 Å². The molecule has 0 aliphatic carbocycles. The number of carbonyl (C=O) groups is 1. The fourth-order valence-corrected chi connectivity index (χ4v) is 1.68. The van der Waals surface area contributed by atoms with Gasteiger partial charge in [-0.2, -0.15) is 0 Å². The average Bonchev–Trinajstić information content (AvgIpc) is 2.29. The van der Waals surface area contributed by atoms with E-state index in [-0.39, 0.29) is 5.91 Å². The Morgan fingerprint density at radius 2 is 1.94 bits per heavy atom. The smallest absolute Gasteiger partial charge is 0.231 e. The molecule has 0 unspecified atom stereocenters. The molecule has 0 aromatic rings. The zero-order valence-corrected chi connectivity index (χ0v) is 12.2. The van der Waals surface area contributed by atoms with Crippen molar-refractivity contribution in [1.29, 1.82) is 0 Å². The first-order valence-corrected chi connectivity index (χ1v) is 6.70. The molecule has 0 radical (unpaired) electrons. The summed E-state index contributed by atoms with van der Waals surface area (Å²) >= 11 is 5.08. The molecular weight excluding hydrogens is 250 g/mol. The second-order valence-corrected chi connectivity index (χ2v) is 5.82. The average molecular weight is 273 g/mol. The number of carbonyl (C=O) groups excluding carboxylic acids is 1. The van der Waals surface area contributed by atoms with Crippen LogP contribution in [0.15, 0.2) is 0 Å². The van der Waals surface area contributed by atoms with Gasteiger partial charge in [-0.3, -0.25) is 9.69 Å². The molecule has 1 saturated heterocycles. The van der Waals surface area contributed by atoms with Crippen LogP contribution in [0.2, 0.25) is 0 Å². The number of nitrogens with zero attached hydrogens (tertiary/aromatic N) is 1. The highest BCUT2D eigenvalue weighted by Crippen LogP contribution is 2.11. The van der Waals surface area contributed by atoms with Gasteiger partial charge in [0.05, 0.1) is 13.2 Å². The van der Waals surface area contributed by atoms with E-state index in [2.05, 4.69) is 15.5 Å². The maximum atomic E-state index is 11.7. The molecule has 0 saturated carbocycles. The van der Waals surface area contributed by atoms with E-state index in [1.165, 1.54) is 0 Å². The van der Waals surface area contributed by atoms with E-state index in [0.29, 0.717) is 5.11 Å². The lowest BCUT2D eigenvalue weighted by Crippen LogP contribution is -2.47. The largest absolute Gasteiger partial charge is 0.379 e. The molecule has 5 nitrogen and oxygen atoms in total. The maximum absolute atomic E-state index is 11.7. The summed E-state index contributed by atoms with van der Waals surface area (Å²) in [6.07, 6.45) is 0. The van der Waals surface area contributed by atoms with Crippen molar-refractivity contribution in [3.8, 4) is 0 Å². The normalized spacial score (nSPS) is 17.3. The Balaban J connectivity index is 2.15. The first-order valence-electron chi connectivity index (χ1n) is 6.29. The summed E-state index contributed by atoms with van der Waals surface area (Å²) in [5.74, 6) is -0.0635. The third-order valence-corrected chi connectivity index (χ3v) is 2.97. The summed E-state index contributed by atoms with van der Waals surface area (Å²) in [6, 6.07) is 0. The summed E-state index contributed by atoms with van der Waals surface area (Å²) < 4.78 is 5.27. The fourth-order valence-electron chi connectivity index (χ4n) is 1.49. The number of nitrogens with one attached hydrogen (secondary N) is 2. The lowest BCUT2D eigenvalue weighted by atomic mass is 9.96. The number of amides is 1. The van der Waals surface area contributed by atoms with Crippen LogP contribution in [-0.4, -0.2) is 55.3 Å². The summed E-state index contributed by atoms with van der Waals surface area (Å²) in [5.41, 5.74) is -0.421. The van der Waals surface area contributed by atoms with Crippen molar-refractivity contribution in [3.63, 3.8) is 0 Å². The molecule has 18 heavy (non-hydrogen) atoms. The predicted molar refractivity (Wildman–Crippen MR) is 75.5 cm³/mol. The number of hydrogen-bond acceptors (Lipinski definition) is 4. The van der Waals surface area contributed by atoms with E-state index in [4.69, 9.17) is 17.0 Å². The SMILES string of the molecule is CC(C)(C)C(=O)NC(=S)NCCN1CCOCC1. The van der Waals surface area contributed by atoms with Crippen molar-refractivity contribution in [1.82, 2.24) is 15.5 Å². The molecule has 1 aliphatic heterocycles. The molecule has 0 atom stereocenters. The Bertz CT molecular complexity index is 296. The summed E-state index contributed by atoms with van der Waals surface area (Å²) in [5, 5.41) is 6.15. The van der Waals surface area contributed by atoms with Gasteiger partial charge < -0.3 is 15.4 Å². The monoisotopic (exact) mass is 273 g/mol. The van der Waals surface area contributed by atoms with Crippen molar-refractivity contribution < 1.29 is 9.53 Å². The second kappa shape index (κ2) is 7.01. The predicted octanol–water partition coefficient (Wildman–Crippen LogP) is 0.355. The number of rotatable bonds is 3. The highest BCUT2D eigenvalue weighted by molar-refractivity contribution is 7.80. The standard InChI is InChI=1S/C12H23N3O2S/c1-12(2,3)10(16)14-11(18)13-4-5-15-6-8-17-9-7-15/h4-9H2,1-3H3,(H2,13,14,16,18). The summed E-state index contributed by atoms with van der Waals surface area (Å²) in [6.45, 7) is 10.7. The molecular formula is C12H23N3O2S. The summed E-state index contributed by atoms with van der Waals surface area (Å²) in [7, 11) is 0. The van der Waals surface area contributed by atoms with Gasteiger partial charge in [-0.05, 0) is 12.2 Å². The quantitative estimate of drug-likeness (QED) is 0.727. The Kier molecular flexibility index (Phi) is 5.98. The van der Waals surface area contributed by atoms with Gasteiger partial charge in [0.15, 0.2) is 5.11 Å². The van der Waals surface area contributed by atoms with Gasteiger partial charge in [0.2, 0.25) is 5.91 Å². The van der Waals surface area contributed by atoms with E-state index in [1.807, 2.05) is 20.8 Å². The van der Waals surface area contributed by atoms with E-state index in [0.717, 1.165) is 39.4 Å². The molecule has 1 aliphatic rings. The molecule has 2 N–H and O–H groups in total. The van der Waals surface area contributed by atoms with Gasteiger partial charge in [0.25, 0.3) is 0 Å². The molecule has 1 heterocycles. The van der Waals surface area contributed by atoms with E-state index < -0.39 is 5.41 Å². The van der Waals surface area contributed by atoms with Crippen LogP contribution in [0.5, 0.6) is 0 Å². The van der Waals surface area contributed by atoms with Crippen LogP contribution in [0, 0.1) is 5.41 Å². The number of ether oxygens (including phenoxy) is 1. The highest BCUT2D eigenvalue weighted by atomic mass is 32.1. The van der Waals surface area contributed by atoms with Crippen LogP contribution in [0.1, 0.15) is 20.8 Å². The third kappa shape index (κ3) is 5.75. The minimum absolute atomic E-state index is 0.0635. The van der Waals surface area contributed by atoms with Crippen molar-refractivity contribution in [3.05, 3.63) is 0 Å². The minimum atomic E-state index is -0.421. The van der Waals surface area contributed by atoms with E-state index >= 15 is 0 Å². The number of thiocarbonyl (C=S) groups is 1. The molecule has 1 fully saturated rings. The van der Waals surface area contributed by atoms with Gasteiger partial charge in [-0.15, -0.1) is 0 Å². The molecule has 0 aromatic carbocycles. The van der Waals surface area contributed by atoms with Gasteiger partial charge >= 0.3 is 0 Å². The van der Waals surface area contributed by atoms with Crippen LogP contribution >= 0.6 is 12.2 Å². The minimum Gasteiger partial charge on any atom is -0.379 e. The van der Waals surface area contributed by atoms with Crippen molar-refractivity contribution in [2.75, 3.05) is 39.4 Å². The Morgan fingerprint density at radius 1 is 1.33 bits per heavy atom. The zero-order chi connectivity index (χ0) is 13.6. The van der Waals surface area contributed by atoms with Crippen LogP contribution in [0.4, 0.5) is 0 Å². The van der Waals surface area contributed by atoms with Crippen LogP contribution in [0.3, 0.4) is 0 Å². The van der Waals surface area contributed by atoms with Crippen LogP contribution < -0.4 is 10.6 Å². The number of hydrogen-bond donors (Lipinski definition) is 2. The lowest BCUT2D eigenvalue weighted by molar-refractivity contribution is -0.126. The topological polar surface area (TPSA) is 53.6 Å². The summed E-state index contributed by atoms with van der Waals surface area (Å²) in [4.78, 5) is 14.0. The molecule has 104 valence electrons. The van der Waals surface area contributed by atoms with Crippen LogP contribution in [0.25, 0.3) is 0 Å².